The van der Waals surface area contributed by atoms with Crippen LogP contribution in [0, 0.1) is 0 Å². The molecule has 2 aromatic heterocycles. The van der Waals surface area contributed by atoms with E-state index in [0.29, 0.717) is 11.1 Å². The second kappa shape index (κ2) is 4.04. The van der Waals surface area contributed by atoms with Crippen molar-refractivity contribution in [3.63, 3.8) is 0 Å². The average molecular weight is 239 g/mol. The maximum absolute atomic E-state index is 12.4. The summed E-state index contributed by atoms with van der Waals surface area (Å²) in [6.45, 7) is 0. The first-order valence-corrected chi connectivity index (χ1v) is 4.72. The highest BCUT2D eigenvalue weighted by Crippen LogP contribution is 2.31. The Labute approximate surface area is 95.1 Å². The fourth-order valence-corrected chi connectivity index (χ4v) is 1.41. The lowest BCUT2D eigenvalue weighted by Gasteiger charge is -2.09. The smallest absolute Gasteiger partial charge is 0.383 e. The van der Waals surface area contributed by atoms with E-state index in [1.165, 1.54) is 18.5 Å². The van der Waals surface area contributed by atoms with Gasteiger partial charge in [0.25, 0.3) is 0 Å². The Kier molecular flexibility index (Phi) is 2.71. The van der Waals surface area contributed by atoms with E-state index in [1.54, 1.807) is 12.1 Å². The summed E-state index contributed by atoms with van der Waals surface area (Å²) in [5.74, 6) is -0.147. The van der Waals surface area contributed by atoms with Crippen LogP contribution in [0.5, 0.6) is 0 Å². The standard InChI is InChI=1S/C11H8F3N3/c12-11(13,14)9-2-1-8(10(15)17-9)7-3-5-16-6-4-7/h1-6H,(H2,15,17). The maximum Gasteiger partial charge on any atom is 0.433 e. The topological polar surface area (TPSA) is 51.8 Å². The number of halogens is 3. The molecule has 0 aliphatic carbocycles. The van der Waals surface area contributed by atoms with Gasteiger partial charge >= 0.3 is 6.18 Å². The van der Waals surface area contributed by atoms with Crippen LogP contribution in [-0.4, -0.2) is 9.97 Å². The second-order valence-corrected chi connectivity index (χ2v) is 3.36. The van der Waals surface area contributed by atoms with Gasteiger partial charge in [0.2, 0.25) is 0 Å². The molecular formula is C11H8F3N3. The van der Waals surface area contributed by atoms with Crippen molar-refractivity contribution in [2.24, 2.45) is 0 Å². The average Bonchev–Trinajstić information content (AvgIpc) is 2.29. The quantitative estimate of drug-likeness (QED) is 0.832. The molecule has 0 spiro atoms. The van der Waals surface area contributed by atoms with Crippen molar-refractivity contribution < 1.29 is 13.2 Å². The predicted molar refractivity (Wildman–Crippen MR) is 56.9 cm³/mol. The molecule has 0 atom stereocenters. The van der Waals surface area contributed by atoms with E-state index in [1.807, 2.05) is 0 Å². The van der Waals surface area contributed by atoms with E-state index in [4.69, 9.17) is 5.73 Å². The lowest BCUT2D eigenvalue weighted by Crippen LogP contribution is -2.09. The molecule has 0 radical (unpaired) electrons. The van der Waals surface area contributed by atoms with Gasteiger partial charge in [0.05, 0.1) is 0 Å². The van der Waals surface area contributed by atoms with Crippen molar-refractivity contribution in [2.75, 3.05) is 5.73 Å². The van der Waals surface area contributed by atoms with E-state index in [0.717, 1.165) is 6.07 Å². The van der Waals surface area contributed by atoms with Crippen LogP contribution in [-0.2, 0) is 6.18 Å². The van der Waals surface area contributed by atoms with Crippen LogP contribution in [0.25, 0.3) is 11.1 Å². The van der Waals surface area contributed by atoms with Crippen molar-refractivity contribution in [1.82, 2.24) is 9.97 Å². The van der Waals surface area contributed by atoms with Gasteiger partial charge in [0, 0.05) is 18.0 Å². The van der Waals surface area contributed by atoms with E-state index >= 15 is 0 Å². The Morgan fingerprint density at radius 1 is 1.00 bits per heavy atom. The molecule has 0 fully saturated rings. The summed E-state index contributed by atoms with van der Waals surface area (Å²) in [4.78, 5) is 7.17. The zero-order valence-corrected chi connectivity index (χ0v) is 8.57. The van der Waals surface area contributed by atoms with Crippen molar-refractivity contribution in [3.8, 4) is 11.1 Å². The Bertz CT molecular complexity index is 523. The molecule has 0 saturated carbocycles. The molecular weight excluding hydrogens is 231 g/mol. The second-order valence-electron chi connectivity index (χ2n) is 3.36. The number of anilines is 1. The number of nitrogens with zero attached hydrogens (tertiary/aromatic N) is 2. The summed E-state index contributed by atoms with van der Waals surface area (Å²) < 4.78 is 37.1. The number of nitrogens with two attached hydrogens (primary N) is 1. The number of pyridine rings is 2. The fraction of sp³-hybridized carbons (Fsp3) is 0.0909. The molecule has 0 aromatic carbocycles. The van der Waals surface area contributed by atoms with Crippen LogP contribution in [0.15, 0.2) is 36.7 Å². The molecule has 0 unspecified atom stereocenters. The van der Waals surface area contributed by atoms with Crippen molar-refractivity contribution in [3.05, 3.63) is 42.4 Å². The first-order chi connectivity index (χ1) is 7.98. The van der Waals surface area contributed by atoms with Gasteiger partial charge in [-0.3, -0.25) is 4.98 Å². The fourth-order valence-electron chi connectivity index (χ4n) is 1.41. The summed E-state index contributed by atoms with van der Waals surface area (Å²) in [6.07, 6.45) is -1.41. The Hall–Kier alpha value is -2.11. The molecule has 0 aliphatic rings. The van der Waals surface area contributed by atoms with Crippen LogP contribution in [0.3, 0.4) is 0 Å². The molecule has 0 bridgehead atoms. The third-order valence-corrected chi connectivity index (χ3v) is 2.21. The van der Waals surface area contributed by atoms with Crippen LogP contribution >= 0.6 is 0 Å². The minimum Gasteiger partial charge on any atom is -0.383 e. The highest BCUT2D eigenvalue weighted by Gasteiger charge is 2.32. The van der Waals surface area contributed by atoms with Crippen LogP contribution in [0.2, 0.25) is 0 Å². The Balaban J connectivity index is 2.46. The molecule has 0 aliphatic heterocycles. The zero-order valence-electron chi connectivity index (χ0n) is 8.57. The number of alkyl halides is 3. The highest BCUT2D eigenvalue weighted by atomic mass is 19.4. The molecule has 2 N–H and O–H groups in total. The van der Waals surface area contributed by atoms with Crippen LogP contribution < -0.4 is 5.73 Å². The highest BCUT2D eigenvalue weighted by molar-refractivity contribution is 5.73. The number of hydrogen-bond donors (Lipinski definition) is 1. The van der Waals surface area contributed by atoms with Gasteiger partial charge in [0.15, 0.2) is 0 Å². The van der Waals surface area contributed by atoms with Gasteiger partial charge in [-0.2, -0.15) is 13.2 Å². The number of hydrogen-bond acceptors (Lipinski definition) is 3. The molecule has 2 aromatic rings. The van der Waals surface area contributed by atoms with Crippen LogP contribution in [0.1, 0.15) is 5.69 Å². The van der Waals surface area contributed by atoms with E-state index in [9.17, 15) is 13.2 Å². The minimum absolute atomic E-state index is 0.147. The summed E-state index contributed by atoms with van der Waals surface area (Å²) in [5, 5.41) is 0. The monoisotopic (exact) mass is 239 g/mol. The summed E-state index contributed by atoms with van der Waals surface area (Å²) in [7, 11) is 0. The third kappa shape index (κ3) is 2.35. The van der Waals surface area contributed by atoms with Crippen molar-refractivity contribution in [1.29, 1.82) is 0 Å². The predicted octanol–water partition coefficient (Wildman–Crippen LogP) is 2.74. The zero-order chi connectivity index (χ0) is 12.5. The molecule has 17 heavy (non-hydrogen) atoms. The molecule has 2 heterocycles. The maximum atomic E-state index is 12.4. The largest absolute Gasteiger partial charge is 0.433 e. The lowest BCUT2D eigenvalue weighted by molar-refractivity contribution is -0.141. The van der Waals surface area contributed by atoms with Gasteiger partial charge in [0.1, 0.15) is 11.5 Å². The van der Waals surface area contributed by atoms with Gasteiger partial charge in [-0.1, -0.05) is 0 Å². The van der Waals surface area contributed by atoms with Crippen LogP contribution in [0.4, 0.5) is 19.0 Å². The van der Waals surface area contributed by atoms with Gasteiger partial charge < -0.3 is 5.73 Å². The first kappa shape index (κ1) is 11.4. The summed E-state index contributed by atoms with van der Waals surface area (Å²) >= 11 is 0. The minimum atomic E-state index is -4.48. The van der Waals surface area contributed by atoms with E-state index in [2.05, 4.69) is 9.97 Å². The van der Waals surface area contributed by atoms with Gasteiger partial charge in [-0.05, 0) is 29.8 Å². The summed E-state index contributed by atoms with van der Waals surface area (Å²) in [5.41, 5.74) is 5.66. The van der Waals surface area contributed by atoms with Gasteiger partial charge in [-0.15, -0.1) is 0 Å². The molecule has 0 saturated heterocycles. The first-order valence-electron chi connectivity index (χ1n) is 4.72. The van der Waals surface area contributed by atoms with E-state index < -0.39 is 11.9 Å². The summed E-state index contributed by atoms with van der Waals surface area (Å²) in [6, 6.07) is 5.52. The number of aromatic nitrogens is 2. The normalized spacial score (nSPS) is 11.5. The third-order valence-electron chi connectivity index (χ3n) is 2.21. The van der Waals surface area contributed by atoms with E-state index in [-0.39, 0.29) is 5.82 Å². The van der Waals surface area contributed by atoms with Crippen molar-refractivity contribution >= 4 is 5.82 Å². The van der Waals surface area contributed by atoms with Gasteiger partial charge in [-0.25, -0.2) is 4.98 Å². The molecule has 2 rings (SSSR count). The molecule has 0 amide bonds. The molecule has 6 heteroatoms. The SMILES string of the molecule is Nc1nc(C(F)(F)F)ccc1-c1ccncc1. The number of rotatable bonds is 1. The van der Waals surface area contributed by atoms with Crippen molar-refractivity contribution in [2.45, 2.75) is 6.18 Å². The lowest BCUT2D eigenvalue weighted by atomic mass is 10.1. The number of nitrogen functional groups attached to an aromatic ring is 1. The Morgan fingerprint density at radius 2 is 1.65 bits per heavy atom. The molecule has 3 nitrogen and oxygen atoms in total. The molecule has 88 valence electrons. The Morgan fingerprint density at radius 3 is 2.18 bits per heavy atom.